The molecule has 1 heterocycles. The number of hydrogen-bond acceptors (Lipinski definition) is 5. The lowest BCUT2D eigenvalue weighted by Crippen LogP contribution is -2.13. The molecule has 3 aromatic rings. The molecule has 23 heavy (non-hydrogen) atoms. The Hall–Kier alpha value is -2.26. The van der Waals surface area contributed by atoms with Crippen molar-refractivity contribution in [1.29, 1.82) is 0 Å². The summed E-state index contributed by atoms with van der Waals surface area (Å²) in [5, 5.41) is 11.3. The second kappa shape index (κ2) is 6.09. The van der Waals surface area contributed by atoms with Crippen LogP contribution in [0.1, 0.15) is 5.82 Å². The minimum atomic E-state index is -3.70. The molecule has 1 N–H and O–H groups in total. The van der Waals surface area contributed by atoms with E-state index in [4.69, 9.17) is 0 Å². The van der Waals surface area contributed by atoms with E-state index >= 15 is 0 Å². The number of aryl methyl sites for hydroxylation is 1. The normalized spacial score (nSPS) is 11.4. The molecule has 0 aliphatic rings. The van der Waals surface area contributed by atoms with E-state index in [2.05, 4.69) is 36.2 Å². The average Bonchev–Trinajstić information content (AvgIpc) is 2.93. The fraction of sp³-hybridized carbons (Fsp3) is 0.0714. The summed E-state index contributed by atoms with van der Waals surface area (Å²) in [5.74, 6) is 0.607. The van der Waals surface area contributed by atoms with E-state index in [1.807, 2.05) is 0 Å². The molecule has 7 nitrogen and oxygen atoms in total. The van der Waals surface area contributed by atoms with Gasteiger partial charge in [0.15, 0.2) is 5.82 Å². The second-order valence-corrected chi connectivity index (χ2v) is 7.23. The fourth-order valence-corrected chi connectivity index (χ4v) is 4.10. The minimum absolute atomic E-state index is 0.170. The van der Waals surface area contributed by atoms with E-state index < -0.39 is 10.0 Å². The smallest absolute Gasteiger partial charge is 0.263 e. The molecule has 3 rings (SSSR count). The highest BCUT2D eigenvalue weighted by molar-refractivity contribution is 9.10. The highest BCUT2D eigenvalue weighted by Crippen LogP contribution is 2.24. The van der Waals surface area contributed by atoms with Crippen molar-refractivity contribution in [2.75, 3.05) is 4.72 Å². The van der Waals surface area contributed by atoms with Gasteiger partial charge in [-0.2, -0.15) is 4.68 Å². The van der Waals surface area contributed by atoms with Crippen molar-refractivity contribution in [3.8, 4) is 5.69 Å². The van der Waals surface area contributed by atoms with Crippen LogP contribution in [0.15, 0.2) is 57.9 Å². The van der Waals surface area contributed by atoms with Gasteiger partial charge >= 0.3 is 0 Å². The predicted octanol–water partition coefficient (Wildman–Crippen LogP) is 2.53. The van der Waals surface area contributed by atoms with E-state index in [1.54, 1.807) is 49.4 Å². The Morgan fingerprint density at radius 1 is 1.13 bits per heavy atom. The summed E-state index contributed by atoms with van der Waals surface area (Å²) in [6.07, 6.45) is 0. The summed E-state index contributed by atoms with van der Waals surface area (Å²) in [7, 11) is -3.70. The van der Waals surface area contributed by atoms with Crippen LogP contribution in [-0.4, -0.2) is 28.6 Å². The molecule has 118 valence electrons. The first-order valence-electron chi connectivity index (χ1n) is 6.60. The zero-order valence-corrected chi connectivity index (χ0v) is 14.4. The van der Waals surface area contributed by atoms with Gasteiger partial charge in [0.1, 0.15) is 4.90 Å². The van der Waals surface area contributed by atoms with Gasteiger partial charge in [-0.25, -0.2) is 8.42 Å². The molecule has 0 bridgehead atoms. The lowest BCUT2D eigenvalue weighted by atomic mass is 10.3. The van der Waals surface area contributed by atoms with Crippen LogP contribution in [0.5, 0.6) is 0 Å². The first-order chi connectivity index (χ1) is 11.0. The zero-order valence-electron chi connectivity index (χ0n) is 12.0. The zero-order chi connectivity index (χ0) is 16.4. The molecule has 0 radical (unpaired) electrons. The average molecular weight is 394 g/mol. The number of hydrogen-bond donors (Lipinski definition) is 1. The van der Waals surface area contributed by atoms with Gasteiger partial charge in [-0.05, 0) is 63.6 Å². The van der Waals surface area contributed by atoms with Crippen LogP contribution in [0.2, 0.25) is 0 Å². The summed E-state index contributed by atoms with van der Waals surface area (Å²) in [6.45, 7) is 1.76. The maximum absolute atomic E-state index is 12.5. The van der Waals surface area contributed by atoms with E-state index in [-0.39, 0.29) is 4.90 Å². The molecule has 0 amide bonds. The first-order valence-corrected chi connectivity index (χ1v) is 8.88. The number of nitrogens with one attached hydrogen (secondary N) is 1. The minimum Gasteiger partial charge on any atom is -0.280 e. The highest BCUT2D eigenvalue weighted by atomic mass is 79.9. The van der Waals surface area contributed by atoms with E-state index in [1.165, 1.54) is 10.7 Å². The highest BCUT2D eigenvalue weighted by Gasteiger charge is 2.17. The van der Waals surface area contributed by atoms with Crippen LogP contribution in [0.3, 0.4) is 0 Å². The Morgan fingerprint density at radius 3 is 2.61 bits per heavy atom. The monoisotopic (exact) mass is 393 g/mol. The van der Waals surface area contributed by atoms with Crippen LogP contribution in [-0.2, 0) is 10.0 Å². The molecule has 0 saturated carbocycles. The number of anilines is 1. The molecular weight excluding hydrogens is 382 g/mol. The molecule has 0 atom stereocenters. The van der Waals surface area contributed by atoms with Crippen LogP contribution in [0.4, 0.5) is 5.69 Å². The predicted molar refractivity (Wildman–Crippen MR) is 88.8 cm³/mol. The van der Waals surface area contributed by atoms with E-state index in [9.17, 15) is 8.42 Å². The van der Waals surface area contributed by atoms with E-state index in [0.717, 1.165) is 0 Å². The Labute approximate surface area is 141 Å². The molecule has 0 saturated heterocycles. The van der Waals surface area contributed by atoms with Gasteiger partial charge in [0.25, 0.3) is 10.0 Å². The van der Waals surface area contributed by atoms with Crippen molar-refractivity contribution >= 4 is 31.6 Å². The second-order valence-electron chi connectivity index (χ2n) is 4.72. The summed E-state index contributed by atoms with van der Waals surface area (Å²) in [5.41, 5.74) is 1.09. The number of halogens is 1. The molecule has 1 aromatic heterocycles. The number of benzene rings is 2. The van der Waals surface area contributed by atoms with Gasteiger partial charge in [0.05, 0.1) is 11.4 Å². The van der Waals surface area contributed by atoms with Crippen molar-refractivity contribution in [3.05, 3.63) is 58.8 Å². The molecule has 0 unspecified atom stereocenters. The van der Waals surface area contributed by atoms with Crippen molar-refractivity contribution in [1.82, 2.24) is 20.2 Å². The molecule has 0 spiro atoms. The summed E-state index contributed by atoms with van der Waals surface area (Å²) < 4.78 is 29.6. The van der Waals surface area contributed by atoms with Gasteiger partial charge < -0.3 is 0 Å². The molecule has 0 aliphatic heterocycles. The molecular formula is C14H12BrN5O2S. The summed E-state index contributed by atoms with van der Waals surface area (Å²) >= 11 is 3.25. The number of rotatable bonds is 4. The van der Waals surface area contributed by atoms with Gasteiger partial charge in [0.2, 0.25) is 0 Å². The first kappa shape index (κ1) is 15.6. The summed E-state index contributed by atoms with van der Waals surface area (Å²) in [4.78, 5) is 0.170. The number of nitrogens with zero attached hydrogens (tertiary/aromatic N) is 4. The molecule has 0 aliphatic carbocycles. The number of tetrazole rings is 1. The van der Waals surface area contributed by atoms with Crippen LogP contribution in [0, 0.1) is 6.92 Å². The van der Waals surface area contributed by atoms with E-state index in [0.29, 0.717) is 21.7 Å². The third-order valence-corrected chi connectivity index (χ3v) is 5.49. The standard InChI is InChI=1S/C14H12BrN5O2S/c1-10-16-18-19-20(10)12-6-4-5-11(9-12)17-23(21,22)14-8-3-2-7-13(14)15/h2-9,17H,1H3. The third-order valence-electron chi connectivity index (χ3n) is 3.09. The van der Waals surface area contributed by atoms with Crippen LogP contribution < -0.4 is 4.72 Å². The van der Waals surface area contributed by atoms with Gasteiger partial charge in [-0.15, -0.1) is 5.10 Å². The molecule has 0 fully saturated rings. The largest absolute Gasteiger partial charge is 0.280 e. The molecule has 2 aromatic carbocycles. The lowest BCUT2D eigenvalue weighted by Gasteiger charge is -2.10. The van der Waals surface area contributed by atoms with Gasteiger partial charge in [-0.1, -0.05) is 18.2 Å². The quantitative estimate of drug-likeness (QED) is 0.735. The number of aromatic nitrogens is 4. The Kier molecular flexibility index (Phi) is 4.14. The SMILES string of the molecule is Cc1nnnn1-c1cccc(NS(=O)(=O)c2ccccc2Br)c1. The summed E-state index contributed by atoms with van der Waals surface area (Å²) in [6, 6.07) is 13.5. The lowest BCUT2D eigenvalue weighted by molar-refractivity contribution is 0.601. The number of sulfonamides is 1. The van der Waals surface area contributed by atoms with Crippen molar-refractivity contribution in [2.24, 2.45) is 0 Å². The van der Waals surface area contributed by atoms with Gasteiger partial charge in [-0.3, -0.25) is 4.72 Å². The Bertz CT molecular complexity index is 955. The third kappa shape index (κ3) is 3.25. The maximum atomic E-state index is 12.5. The van der Waals surface area contributed by atoms with Crippen molar-refractivity contribution < 1.29 is 8.42 Å². The van der Waals surface area contributed by atoms with Crippen LogP contribution >= 0.6 is 15.9 Å². The van der Waals surface area contributed by atoms with Crippen molar-refractivity contribution in [3.63, 3.8) is 0 Å². The fourth-order valence-electron chi connectivity index (χ4n) is 2.04. The Balaban J connectivity index is 1.95. The van der Waals surface area contributed by atoms with Crippen LogP contribution in [0.25, 0.3) is 5.69 Å². The molecule has 9 heteroatoms. The van der Waals surface area contributed by atoms with Crippen molar-refractivity contribution in [2.45, 2.75) is 11.8 Å². The topological polar surface area (TPSA) is 89.8 Å². The Morgan fingerprint density at radius 2 is 1.91 bits per heavy atom. The maximum Gasteiger partial charge on any atom is 0.263 e. The van der Waals surface area contributed by atoms with Gasteiger partial charge in [0, 0.05) is 4.47 Å².